The first-order valence-electron chi connectivity index (χ1n) is 8.23. The van der Waals surface area contributed by atoms with Crippen molar-refractivity contribution in [3.63, 3.8) is 0 Å². The standard InChI is InChI=1S/C18H24O4S2/c19-13-16(20)17(12-14-6-2-1-3-7-14)22-18(21)9-5-4-8-15-10-11-23-24-15/h1-3,6-7,12,15-16,19-20H,4-5,8-11,13H2. The van der Waals surface area contributed by atoms with Crippen LogP contribution < -0.4 is 0 Å². The second kappa shape index (κ2) is 10.8. The lowest BCUT2D eigenvalue weighted by molar-refractivity contribution is -0.141. The highest BCUT2D eigenvalue weighted by Crippen LogP contribution is 2.39. The van der Waals surface area contributed by atoms with Crippen LogP contribution in [0, 0.1) is 0 Å². The minimum Gasteiger partial charge on any atom is -0.428 e. The lowest BCUT2D eigenvalue weighted by Gasteiger charge is -2.13. The van der Waals surface area contributed by atoms with Crippen molar-refractivity contribution in [3.05, 3.63) is 41.7 Å². The summed E-state index contributed by atoms with van der Waals surface area (Å²) in [5.74, 6) is 0.957. The monoisotopic (exact) mass is 368 g/mol. The van der Waals surface area contributed by atoms with E-state index in [4.69, 9.17) is 9.84 Å². The van der Waals surface area contributed by atoms with E-state index in [1.54, 1.807) is 6.08 Å². The Kier molecular flexibility index (Phi) is 8.74. The van der Waals surface area contributed by atoms with Gasteiger partial charge in [0.05, 0.1) is 6.61 Å². The Hall–Kier alpha value is -0.950. The molecule has 1 aromatic carbocycles. The number of esters is 1. The third-order valence-electron chi connectivity index (χ3n) is 3.73. The van der Waals surface area contributed by atoms with Crippen molar-refractivity contribution >= 4 is 33.6 Å². The Morgan fingerprint density at radius 2 is 2.12 bits per heavy atom. The predicted molar refractivity (Wildman–Crippen MR) is 101 cm³/mol. The number of hydrogen-bond donors (Lipinski definition) is 2. The maximum atomic E-state index is 12.0. The topological polar surface area (TPSA) is 66.8 Å². The largest absolute Gasteiger partial charge is 0.428 e. The van der Waals surface area contributed by atoms with E-state index in [0.29, 0.717) is 6.42 Å². The second-order valence-corrected chi connectivity index (χ2v) is 8.49. The van der Waals surface area contributed by atoms with Gasteiger partial charge in [-0.1, -0.05) is 58.3 Å². The maximum absolute atomic E-state index is 12.0. The molecule has 2 atom stereocenters. The second-order valence-electron chi connectivity index (χ2n) is 5.70. The Labute approximate surface area is 151 Å². The average molecular weight is 369 g/mol. The molecule has 24 heavy (non-hydrogen) atoms. The molecule has 1 fully saturated rings. The van der Waals surface area contributed by atoms with Crippen LogP contribution >= 0.6 is 21.6 Å². The Morgan fingerprint density at radius 1 is 1.33 bits per heavy atom. The van der Waals surface area contributed by atoms with Crippen molar-refractivity contribution in [3.8, 4) is 0 Å². The number of carbonyl (C=O) groups excluding carboxylic acids is 1. The summed E-state index contributed by atoms with van der Waals surface area (Å²) in [7, 11) is 3.88. The first-order chi connectivity index (χ1) is 11.7. The van der Waals surface area contributed by atoms with Gasteiger partial charge in [0.1, 0.15) is 11.9 Å². The lowest BCUT2D eigenvalue weighted by Crippen LogP contribution is -2.20. The fourth-order valence-corrected chi connectivity index (χ4v) is 5.41. The van der Waals surface area contributed by atoms with Crippen molar-refractivity contribution in [2.24, 2.45) is 0 Å². The molecule has 1 heterocycles. The molecule has 0 aromatic heterocycles. The summed E-state index contributed by atoms with van der Waals surface area (Å²) in [6.45, 7) is -0.484. The van der Waals surface area contributed by atoms with Crippen molar-refractivity contribution in [2.45, 2.75) is 43.5 Å². The molecular weight excluding hydrogens is 344 g/mol. The van der Waals surface area contributed by atoms with Crippen LogP contribution in [0.2, 0.25) is 0 Å². The fraction of sp³-hybridized carbons (Fsp3) is 0.500. The average Bonchev–Trinajstić information content (AvgIpc) is 3.12. The minimum absolute atomic E-state index is 0.0939. The Bertz CT molecular complexity index is 527. The van der Waals surface area contributed by atoms with E-state index in [2.05, 4.69) is 0 Å². The zero-order valence-electron chi connectivity index (χ0n) is 13.6. The summed E-state index contributed by atoms with van der Waals surface area (Å²) in [6.07, 6.45) is 4.91. The Balaban J connectivity index is 1.80. The molecule has 1 aromatic rings. The van der Waals surface area contributed by atoms with E-state index in [9.17, 15) is 9.90 Å². The molecule has 0 aliphatic carbocycles. The van der Waals surface area contributed by atoms with Gasteiger partial charge in [-0.15, -0.1) is 0 Å². The third kappa shape index (κ3) is 6.89. The summed E-state index contributed by atoms with van der Waals surface area (Å²) in [5, 5.41) is 19.7. The number of unbranched alkanes of at least 4 members (excludes halogenated alkanes) is 1. The summed E-state index contributed by atoms with van der Waals surface area (Å²) >= 11 is 0. The molecule has 0 bridgehead atoms. The van der Waals surface area contributed by atoms with Crippen LogP contribution in [0.1, 0.15) is 37.7 Å². The maximum Gasteiger partial charge on any atom is 0.310 e. The van der Waals surface area contributed by atoms with Gasteiger partial charge in [0.25, 0.3) is 0 Å². The highest BCUT2D eigenvalue weighted by Gasteiger charge is 2.18. The van der Waals surface area contributed by atoms with Crippen molar-refractivity contribution in [1.82, 2.24) is 0 Å². The molecule has 6 heteroatoms. The van der Waals surface area contributed by atoms with Crippen LogP contribution in [-0.4, -0.2) is 39.9 Å². The van der Waals surface area contributed by atoms with E-state index in [1.165, 1.54) is 12.2 Å². The SMILES string of the molecule is O=C(CCCCC1CCSS1)OC(=Cc1ccccc1)C(O)CO. The van der Waals surface area contributed by atoms with E-state index < -0.39 is 12.7 Å². The van der Waals surface area contributed by atoms with Crippen LogP contribution in [-0.2, 0) is 9.53 Å². The van der Waals surface area contributed by atoms with Crippen molar-refractivity contribution in [2.75, 3.05) is 12.4 Å². The summed E-state index contributed by atoms with van der Waals surface area (Å²) in [5.41, 5.74) is 0.809. The molecule has 0 spiro atoms. The van der Waals surface area contributed by atoms with Gasteiger partial charge in [-0.05, 0) is 30.9 Å². The summed E-state index contributed by atoms with van der Waals surface area (Å²) in [6, 6.07) is 9.28. The van der Waals surface area contributed by atoms with Crippen molar-refractivity contribution < 1.29 is 19.7 Å². The van der Waals surface area contributed by atoms with Gasteiger partial charge in [0, 0.05) is 17.4 Å². The quantitative estimate of drug-likeness (QED) is 0.300. The summed E-state index contributed by atoms with van der Waals surface area (Å²) < 4.78 is 5.28. The zero-order chi connectivity index (χ0) is 17.2. The molecule has 2 rings (SSSR count). The number of ether oxygens (including phenoxy) is 1. The molecule has 0 radical (unpaired) electrons. The smallest absolute Gasteiger partial charge is 0.310 e. The van der Waals surface area contributed by atoms with Crippen LogP contribution in [0.5, 0.6) is 0 Å². The van der Waals surface area contributed by atoms with Gasteiger partial charge in [-0.2, -0.15) is 0 Å². The predicted octanol–water partition coefficient (Wildman–Crippen LogP) is 3.64. The molecule has 1 aliphatic rings. The lowest BCUT2D eigenvalue weighted by atomic mass is 10.1. The van der Waals surface area contributed by atoms with Gasteiger partial charge in [0.15, 0.2) is 0 Å². The minimum atomic E-state index is -1.19. The van der Waals surface area contributed by atoms with E-state index in [0.717, 1.165) is 30.1 Å². The number of carbonyl (C=O) groups is 1. The molecule has 0 amide bonds. The highest BCUT2D eigenvalue weighted by atomic mass is 33.1. The molecule has 0 saturated carbocycles. The molecule has 1 saturated heterocycles. The number of hydrogen-bond acceptors (Lipinski definition) is 6. The molecule has 4 nitrogen and oxygen atoms in total. The Morgan fingerprint density at radius 3 is 2.79 bits per heavy atom. The van der Waals surface area contributed by atoms with Gasteiger partial charge < -0.3 is 14.9 Å². The van der Waals surface area contributed by atoms with Crippen LogP contribution in [0.3, 0.4) is 0 Å². The van der Waals surface area contributed by atoms with E-state index >= 15 is 0 Å². The number of aliphatic hydroxyl groups excluding tert-OH is 2. The zero-order valence-corrected chi connectivity index (χ0v) is 15.2. The van der Waals surface area contributed by atoms with Gasteiger partial charge >= 0.3 is 5.97 Å². The molecule has 1 aliphatic heterocycles. The molecule has 2 unspecified atom stereocenters. The van der Waals surface area contributed by atoms with Gasteiger partial charge in [-0.25, -0.2) is 0 Å². The summed E-state index contributed by atoms with van der Waals surface area (Å²) in [4.78, 5) is 12.0. The first kappa shape index (κ1) is 19.4. The van der Waals surface area contributed by atoms with Gasteiger partial charge in [-0.3, -0.25) is 4.79 Å². The highest BCUT2D eigenvalue weighted by molar-refractivity contribution is 8.77. The van der Waals surface area contributed by atoms with E-state index in [1.807, 2.05) is 51.9 Å². The van der Waals surface area contributed by atoms with Crippen LogP contribution in [0.25, 0.3) is 6.08 Å². The molecule has 132 valence electrons. The van der Waals surface area contributed by atoms with E-state index in [-0.39, 0.29) is 11.7 Å². The number of benzene rings is 1. The number of rotatable bonds is 9. The third-order valence-corrected chi connectivity index (χ3v) is 6.73. The molecule has 2 N–H and O–H groups in total. The van der Waals surface area contributed by atoms with Crippen LogP contribution in [0.15, 0.2) is 36.1 Å². The van der Waals surface area contributed by atoms with Crippen molar-refractivity contribution in [1.29, 1.82) is 0 Å². The van der Waals surface area contributed by atoms with Gasteiger partial charge in [0.2, 0.25) is 0 Å². The fourth-order valence-electron chi connectivity index (χ4n) is 2.39. The normalized spacial score (nSPS) is 19.2. The first-order valence-corrected chi connectivity index (χ1v) is 10.6. The number of aliphatic hydroxyl groups is 2. The van der Waals surface area contributed by atoms with Crippen LogP contribution in [0.4, 0.5) is 0 Å². The molecular formula is C18H24O4S2.